The summed E-state index contributed by atoms with van der Waals surface area (Å²) in [6.07, 6.45) is 4.69. The van der Waals surface area contributed by atoms with E-state index < -0.39 is 15.9 Å². The summed E-state index contributed by atoms with van der Waals surface area (Å²) in [5.41, 5.74) is 2.57. The molecular formula is C25H31N3O4S. The van der Waals surface area contributed by atoms with Crippen LogP contribution in [0.3, 0.4) is 0 Å². The molecule has 2 aromatic rings. The number of carbonyl (C=O) groups excluding carboxylic acids is 2. The number of hydrogen-bond donors (Lipinski definition) is 1. The molecule has 8 heteroatoms. The average Bonchev–Trinajstić information content (AvgIpc) is 3.35. The van der Waals surface area contributed by atoms with Gasteiger partial charge in [0, 0.05) is 31.7 Å². The predicted molar refractivity (Wildman–Crippen MR) is 128 cm³/mol. The summed E-state index contributed by atoms with van der Waals surface area (Å²) in [4.78, 5) is 28.2. The molecule has 0 saturated carbocycles. The third kappa shape index (κ3) is 4.82. The lowest BCUT2D eigenvalue weighted by atomic mass is 10.1. The Bertz CT molecular complexity index is 1160. The lowest BCUT2D eigenvalue weighted by Crippen LogP contribution is -2.36. The van der Waals surface area contributed by atoms with Gasteiger partial charge >= 0.3 is 0 Å². The van der Waals surface area contributed by atoms with Gasteiger partial charge in [0.15, 0.2) is 0 Å². The zero-order chi connectivity index (χ0) is 23.6. The third-order valence-electron chi connectivity index (χ3n) is 6.52. The number of benzene rings is 2. The predicted octanol–water partition coefficient (Wildman–Crippen LogP) is 3.97. The number of piperidine rings is 1. The number of nitrogens with one attached hydrogen (secondary N) is 1. The van der Waals surface area contributed by atoms with Crippen molar-refractivity contribution in [3.8, 4) is 0 Å². The van der Waals surface area contributed by atoms with Crippen molar-refractivity contribution in [2.75, 3.05) is 31.5 Å². The van der Waals surface area contributed by atoms with Gasteiger partial charge in [-0.05, 0) is 68.9 Å². The largest absolute Gasteiger partial charge is 0.339 e. The van der Waals surface area contributed by atoms with Gasteiger partial charge in [0.1, 0.15) is 0 Å². The Kier molecular flexibility index (Phi) is 6.86. The Morgan fingerprint density at radius 3 is 2.21 bits per heavy atom. The minimum Gasteiger partial charge on any atom is -0.339 e. The summed E-state index contributed by atoms with van der Waals surface area (Å²) in [6.45, 7) is 6.03. The van der Waals surface area contributed by atoms with Crippen molar-refractivity contribution in [3.63, 3.8) is 0 Å². The second-order valence-electron chi connectivity index (χ2n) is 8.90. The second kappa shape index (κ2) is 9.65. The van der Waals surface area contributed by atoms with Crippen LogP contribution in [0.25, 0.3) is 0 Å². The maximum Gasteiger partial charge on any atom is 0.255 e. The van der Waals surface area contributed by atoms with Crippen LogP contribution in [-0.2, 0) is 10.0 Å². The standard InChI is InChI=1S/C25H31N3O4S/c1-18-11-12-20(17-22(18)33(31,32)28-15-4-3-5-16-28)24(29)26-23-19(2)9-8-10-21(23)25(30)27-13-6-7-14-27/h8-12,17H,3-7,13-16H2,1-2H3,(H,26,29). The van der Waals surface area contributed by atoms with E-state index >= 15 is 0 Å². The molecular weight excluding hydrogens is 438 g/mol. The summed E-state index contributed by atoms with van der Waals surface area (Å²) in [6, 6.07) is 10.1. The normalized spacial score (nSPS) is 17.2. The van der Waals surface area contributed by atoms with Crippen LogP contribution in [0.1, 0.15) is 63.9 Å². The number of likely N-dealkylation sites (tertiary alicyclic amines) is 1. The van der Waals surface area contributed by atoms with Crippen LogP contribution < -0.4 is 5.32 Å². The van der Waals surface area contributed by atoms with Crippen LogP contribution in [0.4, 0.5) is 5.69 Å². The molecule has 2 heterocycles. The molecule has 33 heavy (non-hydrogen) atoms. The van der Waals surface area contributed by atoms with E-state index in [1.165, 1.54) is 10.4 Å². The van der Waals surface area contributed by atoms with Crippen LogP contribution in [0.15, 0.2) is 41.3 Å². The van der Waals surface area contributed by atoms with Crippen molar-refractivity contribution < 1.29 is 18.0 Å². The van der Waals surface area contributed by atoms with Gasteiger partial charge in [-0.3, -0.25) is 9.59 Å². The number of nitrogens with zero attached hydrogens (tertiary/aromatic N) is 2. The van der Waals surface area contributed by atoms with Crippen LogP contribution in [0, 0.1) is 13.8 Å². The third-order valence-corrected chi connectivity index (χ3v) is 8.56. The lowest BCUT2D eigenvalue weighted by Gasteiger charge is -2.26. The number of sulfonamides is 1. The molecule has 4 rings (SSSR count). The quantitative estimate of drug-likeness (QED) is 0.718. The van der Waals surface area contributed by atoms with Gasteiger partial charge in [-0.15, -0.1) is 0 Å². The molecule has 0 spiro atoms. The Balaban J connectivity index is 1.62. The van der Waals surface area contributed by atoms with Crippen molar-refractivity contribution in [1.82, 2.24) is 9.21 Å². The molecule has 2 aliphatic heterocycles. The number of amides is 2. The van der Waals surface area contributed by atoms with Crippen molar-refractivity contribution in [2.45, 2.75) is 50.8 Å². The van der Waals surface area contributed by atoms with E-state index in [1.807, 2.05) is 19.1 Å². The maximum absolute atomic E-state index is 13.2. The maximum atomic E-state index is 13.2. The molecule has 0 aromatic heterocycles. The van der Waals surface area contributed by atoms with Gasteiger partial charge in [-0.25, -0.2) is 8.42 Å². The molecule has 0 aliphatic carbocycles. The molecule has 2 fully saturated rings. The number of hydrogen-bond acceptors (Lipinski definition) is 4. The van der Waals surface area contributed by atoms with E-state index in [1.54, 1.807) is 30.0 Å². The number of para-hydroxylation sites is 1. The Morgan fingerprint density at radius 2 is 1.52 bits per heavy atom. The van der Waals surface area contributed by atoms with E-state index in [9.17, 15) is 18.0 Å². The molecule has 0 radical (unpaired) electrons. The zero-order valence-corrected chi connectivity index (χ0v) is 20.1. The number of anilines is 1. The van der Waals surface area contributed by atoms with Gasteiger partial charge < -0.3 is 10.2 Å². The molecule has 2 saturated heterocycles. The molecule has 0 atom stereocenters. The van der Waals surface area contributed by atoms with E-state index in [2.05, 4.69) is 5.32 Å². The first-order valence-corrected chi connectivity index (χ1v) is 13.0. The Labute approximate surface area is 195 Å². The molecule has 2 aliphatic rings. The summed E-state index contributed by atoms with van der Waals surface area (Å²) in [5, 5.41) is 2.88. The molecule has 2 amide bonds. The summed E-state index contributed by atoms with van der Waals surface area (Å²) < 4.78 is 28.0. The fraction of sp³-hybridized carbons (Fsp3) is 0.440. The molecule has 0 unspecified atom stereocenters. The van der Waals surface area contributed by atoms with Gasteiger partial charge in [-0.2, -0.15) is 4.31 Å². The first kappa shape index (κ1) is 23.4. The molecule has 1 N–H and O–H groups in total. The fourth-order valence-electron chi connectivity index (χ4n) is 4.55. The van der Waals surface area contributed by atoms with Crippen LogP contribution in [0.5, 0.6) is 0 Å². The lowest BCUT2D eigenvalue weighted by molar-refractivity contribution is 0.0793. The first-order chi connectivity index (χ1) is 15.8. The minimum absolute atomic E-state index is 0.0937. The van der Waals surface area contributed by atoms with Gasteiger partial charge in [0.2, 0.25) is 10.0 Å². The minimum atomic E-state index is -3.67. The van der Waals surface area contributed by atoms with Crippen molar-refractivity contribution in [3.05, 3.63) is 58.7 Å². The van der Waals surface area contributed by atoms with Gasteiger partial charge in [-0.1, -0.05) is 24.6 Å². The Morgan fingerprint density at radius 1 is 0.848 bits per heavy atom. The summed E-state index contributed by atoms with van der Waals surface area (Å²) in [5.74, 6) is -0.529. The topological polar surface area (TPSA) is 86.8 Å². The first-order valence-electron chi connectivity index (χ1n) is 11.6. The molecule has 2 aromatic carbocycles. The number of aryl methyl sites for hydroxylation is 2. The van der Waals surface area contributed by atoms with Gasteiger partial charge in [0.25, 0.3) is 11.8 Å². The fourth-order valence-corrected chi connectivity index (χ4v) is 6.32. The monoisotopic (exact) mass is 469 g/mol. The molecule has 176 valence electrons. The van der Waals surface area contributed by atoms with Crippen LogP contribution >= 0.6 is 0 Å². The highest BCUT2D eigenvalue weighted by atomic mass is 32.2. The highest BCUT2D eigenvalue weighted by molar-refractivity contribution is 7.89. The SMILES string of the molecule is Cc1ccc(C(=O)Nc2c(C)cccc2C(=O)N2CCCC2)cc1S(=O)(=O)N1CCCCC1. The van der Waals surface area contributed by atoms with Gasteiger partial charge in [0.05, 0.1) is 16.1 Å². The highest BCUT2D eigenvalue weighted by Crippen LogP contribution is 2.27. The Hall–Kier alpha value is -2.71. The average molecular weight is 470 g/mol. The second-order valence-corrected chi connectivity index (χ2v) is 10.8. The number of carbonyl (C=O) groups is 2. The summed E-state index contributed by atoms with van der Waals surface area (Å²) in [7, 11) is -3.67. The highest BCUT2D eigenvalue weighted by Gasteiger charge is 2.29. The van der Waals surface area contributed by atoms with E-state index in [0.29, 0.717) is 29.9 Å². The van der Waals surface area contributed by atoms with Crippen LogP contribution in [0.2, 0.25) is 0 Å². The zero-order valence-electron chi connectivity index (χ0n) is 19.3. The van der Waals surface area contributed by atoms with Crippen molar-refractivity contribution in [2.24, 2.45) is 0 Å². The number of rotatable bonds is 5. The van der Waals surface area contributed by atoms with E-state index in [0.717, 1.165) is 50.8 Å². The molecule has 0 bridgehead atoms. The van der Waals surface area contributed by atoms with Crippen molar-refractivity contribution >= 4 is 27.5 Å². The van der Waals surface area contributed by atoms with E-state index in [-0.39, 0.29) is 16.4 Å². The molecule has 7 nitrogen and oxygen atoms in total. The van der Waals surface area contributed by atoms with E-state index in [4.69, 9.17) is 0 Å². The smallest absolute Gasteiger partial charge is 0.255 e. The van der Waals surface area contributed by atoms with Crippen LogP contribution in [-0.4, -0.2) is 55.6 Å². The summed E-state index contributed by atoms with van der Waals surface area (Å²) >= 11 is 0. The van der Waals surface area contributed by atoms with Crippen molar-refractivity contribution in [1.29, 1.82) is 0 Å².